The lowest BCUT2D eigenvalue weighted by molar-refractivity contribution is -0.142. The number of anilines is 3. The highest BCUT2D eigenvalue weighted by molar-refractivity contribution is 5.70. The van der Waals surface area contributed by atoms with Crippen molar-refractivity contribution in [2.45, 2.75) is 19.8 Å². The second-order valence-corrected chi connectivity index (χ2v) is 6.77. The van der Waals surface area contributed by atoms with E-state index in [4.69, 9.17) is 14.6 Å². The van der Waals surface area contributed by atoms with Gasteiger partial charge in [-0.15, -0.1) is 0 Å². The van der Waals surface area contributed by atoms with Gasteiger partial charge in [-0.3, -0.25) is 4.79 Å². The van der Waals surface area contributed by atoms with Crippen LogP contribution in [0.15, 0.2) is 24.3 Å². The summed E-state index contributed by atoms with van der Waals surface area (Å²) in [6.07, 6.45) is 1.26. The lowest BCUT2D eigenvalue weighted by Gasteiger charge is -2.31. The quantitative estimate of drug-likeness (QED) is 0.848. The number of aliphatic carboxylic acids is 1. The fourth-order valence-corrected chi connectivity index (χ4v) is 3.38. The Morgan fingerprint density at radius 2 is 1.89 bits per heavy atom. The summed E-state index contributed by atoms with van der Waals surface area (Å²) in [6, 6.07) is 7.57. The second-order valence-electron chi connectivity index (χ2n) is 6.77. The Balaban J connectivity index is 1.50. The minimum Gasteiger partial charge on any atom is -0.486 e. The maximum atomic E-state index is 11.1. The summed E-state index contributed by atoms with van der Waals surface area (Å²) in [5, 5.41) is 12.4. The van der Waals surface area contributed by atoms with Crippen molar-refractivity contribution in [3.63, 3.8) is 0 Å². The summed E-state index contributed by atoms with van der Waals surface area (Å²) in [5.74, 6) is 1.77. The van der Waals surface area contributed by atoms with E-state index in [9.17, 15) is 4.79 Å². The SMILES string of the molecule is Cc1cc(N2CCC(C(=O)O)CC2)nc(Nc2ccc3c(c2)OCCO3)n1. The van der Waals surface area contributed by atoms with E-state index in [-0.39, 0.29) is 5.92 Å². The highest BCUT2D eigenvalue weighted by atomic mass is 16.6. The molecule has 2 N–H and O–H groups in total. The van der Waals surface area contributed by atoms with Gasteiger partial charge >= 0.3 is 5.97 Å². The lowest BCUT2D eigenvalue weighted by atomic mass is 9.97. The van der Waals surface area contributed by atoms with E-state index in [2.05, 4.69) is 20.2 Å². The molecule has 0 amide bonds. The monoisotopic (exact) mass is 370 g/mol. The molecule has 1 aromatic heterocycles. The van der Waals surface area contributed by atoms with Crippen molar-refractivity contribution in [3.8, 4) is 11.5 Å². The number of carboxylic acid groups (broad SMARTS) is 1. The molecule has 1 saturated heterocycles. The number of benzene rings is 1. The summed E-state index contributed by atoms with van der Waals surface area (Å²) in [4.78, 5) is 22.3. The van der Waals surface area contributed by atoms with E-state index in [0.29, 0.717) is 50.8 Å². The van der Waals surface area contributed by atoms with Crippen LogP contribution in [-0.2, 0) is 4.79 Å². The number of carbonyl (C=O) groups is 1. The van der Waals surface area contributed by atoms with E-state index in [1.807, 2.05) is 31.2 Å². The molecule has 1 fully saturated rings. The third-order valence-electron chi connectivity index (χ3n) is 4.81. The molecule has 8 nitrogen and oxygen atoms in total. The first-order valence-corrected chi connectivity index (χ1v) is 9.08. The van der Waals surface area contributed by atoms with Crippen molar-refractivity contribution in [2.75, 3.05) is 36.5 Å². The average Bonchev–Trinajstić information content (AvgIpc) is 2.67. The van der Waals surface area contributed by atoms with Gasteiger partial charge in [-0.25, -0.2) is 4.98 Å². The maximum Gasteiger partial charge on any atom is 0.306 e. The fourth-order valence-electron chi connectivity index (χ4n) is 3.38. The summed E-state index contributed by atoms with van der Waals surface area (Å²) in [7, 11) is 0. The molecule has 0 bridgehead atoms. The number of hydrogen-bond donors (Lipinski definition) is 2. The summed E-state index contributed by atoms with van der Waals surface area (Å²) < 4.78 is 11.2. The number of piperidine rings is 1. The molecule has 0 atom stereocenters. The van der Waals surface area contributed by atoms with Gasteiger partial charge in [0.15, 0.2) is 11.5 Å². The Labute approximate surface area is 157 Å². The first-order valence-electron chi connectivity index (χ1n) is 9.08. The number of nitrogens with zero attached hydrogens (tertiary/aromatic N) is 3. The summed E-state index contributed by atoms with van der Waals surface area (Å²) in [5.41, 5.74) is 1.67. The van der Waals surface area contributed by atoms with E-state index in [1.165, 1.54) is 0 Å². The van der Waals surface area contributed by atoms with E-state index >= 15 is 0 Å². The van der Waals surface area contributed by atoms with Crippen molar-refractivity contribution in [1.82, 2.24) is 9.97 Å². The van der Waals surface area contributed by atoms with Crippen LogP contribution in [0.4, 0.5) is 17.5 Å². The molecule has 0 unspecified atom stereocenters. The molecule has 2 aliphatic heterocycles. The normalized spacial score (nSPS) is 16.9. The number of ether oxygens (including phenoxy) is 2. The predicted molar refractivity (Wildman–Crippen MR) is 100 cm³/mol. The van der Waals surface area contributed by atoms with Crippen LogP contribution in [0, 0.1) is 12.8 Å². The van der Waals surface area contributed by atoms with Crippen LogP contribution >= 0.6 is 0 Å². The van der Waals surface area contributed by atoms with Gasteiger partial charge in [0.1, 0.15) is 19.0 Å². The fraction of sp³-hybridized carbons (Fsp3) is 0.421. The van der Waals surface area contributed by atoms with Crippen molar-refractivity contribution in [2.24, 2.45) is 5.92 Å². The molecule has 0 radical (unpaired) electrons. The minimum absolute atomic E-state index is 0.264. The molecule has 1 aromatic carbocycles. The molecule has 2 aromatic rings. The molecule has 2 aliphatic rings. The molecule has 0 spiro atoms. The van der Waals surface area contributed by atoms with E-state index in [0.717, 1.165) is 22.9 Å². The average molecular weight is 370 g/mol. The van der Waals surface area contributed by atoms with Crippen LogP contribution in [0.2, 0.25) is 0 Å². The third kappa shape index (κ3) is 3.89. The largest absolute Gasteiger partial charge is 0.486 e. The zero-order chi connectivity index (χ0) is 18.8. The predicted octanol–water partition coefficient (Wildman–Crippen LogP) is 2.60. The van der Waals surface area contributed by atoms with Gasteiger partial charge in [-0.2, -0.15) is 4.98 Å². The highest BCUT2D eigenvalue weighted by Gasteiger charge is 2.25. The first kappa shape index (κ1) is 17.4. The van der Waals surface area contributed by atoms with Crippen LogP contribution in [0.1, 0.15) is 18.5 Å². The number of aromatic nitrogens is 2. The maximum absolute atomic E-state index is 11.1. The van der Waals surface area contributed by atoms with Crippen molar-refractivity contribution < 1.29 is 19.4 Å². The standard InChI is InChI=1S/C19H22N4O4/c1-12-10-17(23-6-4-13(5-7-23)18(24)25)22-19(20-12)21-14-2-3-15-16(11-14)27-9-8-26-15/h2-3,10-11,13H,4-9H2,1H3,(H,24,25)(H,20,21,22). The van der Waals surface area contributed by atoms with Crippen LogP contribution in [0.25, 0.3) is 0 Å². The zero-order valence-electron chi connectivity index (χ0n) is 15.1. The van der Waals surface area contributed by atoms with Crippen molar-refractivity contribution in [3.05, 3.63) is 30.0 Å². The molecule has 0 saturated carbocycles. The van der Waals surface area contributed by atoms with Crippen LogP contribution in [-0.4, -0.2) is 47.3 Å². The Morgan fingerprint density at radius 1 is 1.15 bits per heavy atom. The smallest absolute Gasteiger partial charge is 0.306 e. The lowest BCUT2D eigenvalue weighted by Crippen LogP contribution is -2.36. The van der Waals surface area contributed by atoms with Crippen LogP contribution in [0.3, 0.4) is 0 Å². The first-order chi connectivity index (χ1) is 13.1. The third-order valence-corrected chi connectivity index (χ3v) is 4.81. The molecule has 27 heavy (non-hydrogen) atoms. The van der Waals surface area contributed by atoms with Gasteiger partial charge in [0, 0.05) is 36.6 Å². The van der Waals surface area contributed by atoms with Gasteiger partial charge in [0.2, 0.25) is 5.95 Å². The Bertz CT molecular complexity index is 850. The minimum atomic E-state index is -0.713. The Kier molecular flexibility index (Phi) is 4.70. The Hall–Kier alpha value is -3.03. The topological polar surface area (TPSA) is 96.8 Å². The van der Waals surface area contributed by atoms with Crippen molar-refractivity contribution in [1.29, 1.82) is 0 Å². The second kappa shape index (κ2) is 7.30. The Morgan fingerprint density at radius 3 is 2.63 bits per heavy atom. The summed E-state index contributed by atoms with van der Waals surface area (Å²) >= 11 is 0. The molecule has 142 valence electrons. The van der Waals surface area contributed by atoms with E-state index in [1.54, 1.807) is 0 Å². The number of rotatable bonds is 4. The van der Waals surface area contributed by atoms with Gasteiger partial charge in [0.05, 0.1) is 5.92 Å². The zero-order valence-corrected chi connectivity index (χ0v) is 15.1. The molecular weight excluding hydrogens is 348 g/mol. The number of nitrogens with one attached hydrogen (secondary N) is 1. The molecule has 8 heteroatoms. The number of fused-ring (bicyclic) bond motifs is 1. The van der Waals surface area contributed by atoms with Gasteiger partial charge < -0.3 is 24.8 Å². The number of hydrogen-bond acceptors (Lipinski definition) is 7. The highest BCUT2D eigenvalue weighted by Crippen LogP contribution is 2.33. The molecule has 3 heterocycles. The van der Waals surface area contributed by atoms with Gasteiger partial charge in [0.25, 0.3) is 0 Å². The van der Waals surface area contributed by atoms with Crippen LogP contribution in [0.5, 0.6) is 11.5 Å². The molecule has 4 rings (SSSR count). The number of aryl methyl sites for hydroxylation is 1. The van der Waals surface area contributed by atoms with Gasteiger partial charge in [-0.1, -0.05) is 0 Å². The van der Waals surface area contributed by atoms with Crippen molar-refractivity contribution >= 4 is 23.4 Å². The number of carboxylic acids is 1. The van der Waals surface area contributed by atoms with Crippen LogP contribution < -0.4 is 19.7 Å². The van der Waals surface area contributed by atoms with Gasteiger partial charge in [-0.05, 0) is 31.9 Å². The summed E-state index contributed by atoms with van der Waals surface area (Å²) in [6.45, 7) is 4.37. The van der Waals surface area contributed by atoms with E-state index < -0.39 is 5.97 Å². The molecule has 0 aliphatic carbocycles. The molecular formula is C19H22N4O4.